The average molecular weight is 302 g/mol. The van der Waals surface area contributed by atoms with Crippen molar-refractivity contribution in [2.75, 3.05) is 19.6 Å². The van der Waals surface area contributed by atoms with Gasteiger partial charge in [-0.1, -0.05) is 6.42 Å². The van der Waals surface area contributed by atoms with E-state index in [1.807, 2.05) is 0 Å². The van der Waals surface area contributed by atoms with Gasteiger partial charge in [-0.15, -0.1) is 17.0 Å². The zero-order valence-electron chi connectivity index (χ0n) is 9.69. The van der Waals surface area contributed by atoms with Crippen LogP contribution in [0.4, 0.5) is 4.39 Å². The largest absolute Gasteiger partial charge is 0.296 e. The first kappa shape index (κ1) is 14.3. The molecule has 1 heterocycles. The van der Waals surface area contributed by atoms with Gasteiger partial charge in [0.2, 0.25) is 0 Å². The normalized spacial score (nSPS) is 16.3. The minimum absolute atomic E-state index is 0. The first-order valence-corrected chi connectivity index (χ1v) is 5.77. The SMILES string of the molecule is Br.O=C(CN1CCCCC1)c1ccc(F)cc1. The molecule has 2 rings (SSSR count). The molecule has 4 heteroatoms. The van der Waals surface area contributed by atoms with E-state index in [0.717, 1.165) is 13.1 Å². The molecule has 1 saturated heterocycles. The summed E-state index contributed by atoms with van der Waals surface area (Å²) in [5.74, 6) is -0.212. The lowest BCUT2D eigenvalue weighted by Crippen LogP contribution is -2.34. The van der Waals surface area contributed by atoms with Crippen molar-refractivity contribution < 1.29 is 9.18 Å². The third kappa shape index (κ3) is 4.21. The fraction of sp³-hybridized carbons (Fsp3) is 0.462. The first-order valence-electron chi connectivity index (χ1n) is 5.77. The Morgan fingerprint density at radius 3 is 2.29 bits per heavy atom. The van der Waals surface area contributed by atoms with Crippen LogP contribution in [0.2, 0.25) is 0 Å². The minimum Gasteiger partial charge on any atom is -0.296 e. The summed E-state index contributed by atoms with van der Waals surface area (Å²) in [6.07, 6.45) is 3.62. The monoisotopic (exact) mass is 301 g/mol. The number of carbonyl (C=O) groups is 1. The van der Waals surface area contributed by atoms with Crippen LogP contribution in [0.15, 0.2) is 24.3 Å². The van der Waals surface area contributed by atoms with Crippen molar-refractivity contribution in [2.45, 2.75) is 19.3 Å². The number of Topliss-reactive ketones (excluding diaryl/α,β-unsaturated/α-hetero) is 1. The van der Waals surface area contributed by atoms with E-state index in [1.165, 1.54) is 31.4 Å². The molecule has 0 aromatic heterocycles. The quantitative estimate of drug-likeness (QED) is 0.800. The maximum absolute atomic E-state index is 12.7. The summed E-state index contributed by atoms with van der Waals surface area (Å²) in [5, 5.41) is 0. The Bertz CT molecular complexity index is 360. The summed E-state index contributed by atoms with van der Waals surface area (Å²) < 4.78 is 12.7. The molecule has 94 valence electrons. The van der Waals surface area contributed by atoms with Crippen LogP contribution >= 0.6 is 17.0 Å². The number of hydrogen-bond acceptors (Lipinski definition) is 2. The molecule has 0 unspecified atom stereocenters. The predicted octanol–water partition coefficient (Wildman–Crippen LogP) is 3.07. The van der Waals surface area contributed by atoms with Gasteiger partial charge in [0.15, 0.2) is 5.78 Å². The molecule has 0 atom stereocenters. The Balaban J connectivity index is 0.00000144. The van der Waals surface area contributed by atoms with E-state index in [-0.39, 0.29) is 28.6 Å². The molecule has 0 N–H and O–H groups in total. The van der Waals surface area contributed by atoms with Crippen molar-refractivity contribution in [3.8, 4) is 0 Å². The van der Waals surface area contributed by atoms with Crippen LogP contribution in [0.1, 0.15) is 29.6 Å². The Morgan fingerprint density at radius 2 is 1.71 bits per heavy atom. The molecular formula is C13H17BrFNO. The van der Waals surface area contributed by atoms with E-state index >= 15 is 0 Å². The Kier molecular flexibility index (Phi) is 5.78. The lowest BCUT2D eigenvalue weighted by molar-refractivity contribution is 0.0915. The van der Waals surface area contributed by atoms with Crippen LogP contribution in [0.25, 0.3) is 0 Å². The van der Waals surface area contributed by atoms with E-state index in [4.69, 9.17) is 0 Å². The first-order chi connectivity index (χ1) is 7.75. The van der Waals surface area contributed by atoms with Crippen LogP contribution in [-0.2, 0) is 0 Å². The van der Waals surface area contributed by atoms with Crippen LogP contribution in [0.3, 0.4) is 0 Å². The van der Waals surface area contributed by atoms with Crippen molar-refractivity contribution in [1.82, 2.24) is 4.90 Å². The van der Waals surface area contributed by atoms with E-state index in [9.17, 15) is 9.18 Å². The Morgan fingerprint density at radius 1 is 1.12 bits per heavy atom. The van der Waals surface area contributed by atoms with Gasteiger partial charge in [-0.2, -0.15) is 0 Å². The summed E-state index contributed by atoms with van der Waals surface area (Å²) in [5.41, 5.74) is 0.604. The second-order valence-corrected chi connectivity index (χ2v) is 4.27. The molecule has 1 aromatic carbocycles. The molecule has 1 aromatic rings. The molecule has 0 spiro atoms. The highest BCUT2D eigenvalue weighted by molar-refractivity contribution is 8.93. The fourth-order valence-electron chi connectivity index (χ4n) is 2.05. The summed E-state index contributed by atoms with van der Waals surface area (Å²) in [4.78, 5) is 14.0. The van der Waals surface area contributed by atoms with Gasteiger partial charge in [0.25, 0.3) is 0 Å². The molecule has 0 radical (unpaired) electrons. The van der Waals surface area contributed by atoms with Gasteiger partial charge in [0.1, 0.15) is 5.82 Å². The Labute approximate surface area is 112 Å². The van der Waals surface area contributed by atoms with Gasteiger partial charge < -0.3 is 0 Å². The minimum atomic E-state index is -0.297. The predicted molar refractivity (Wildman–Crippen MR) is 71.3 cm³/mol. The van der Waals surface area contributed by atoms with Crippen molar-refractivity contribution in [3.05, 3.63) is 35.6 Å². The zero-order chi connectivity index (χ0) is 11.4. The molecule has 17 heavy (non-hydrogen) atoms. The van der Waals surface area contributed by atoms with Gasteiger partial charge in [0.05, 0.1) is 6.54 Å². The third-order valence-electron chi connectivity index (χ3n) is 2.98. The average Bonchev–Trinajstić information content (AvgIpc) is 2.31. The van der Waals surface area contributed by atoms with Crippen LogP contribution in [0, 0.1) is 5.82 Å². The number of likely N-dealkylation sites (tertiary alicyclic amines) is 1. The maximum Gasteiger partial charge on any atom is 0.176 e. The molecule has 0 saturated carbocycles. The summed E-state index contributed by atoms with van der Waals surface area (Å²) >= 11 is 0. The highest BCUT2D eigenvalue weighted by Crippen LogP contribution is 2.10. The number of benzene rings is 1. The lowest BCUT2D eigenvalue weighted by Gasteiger charge is -2.25. The molecular weight excluding hydrogens is 285 g/mol. The van der Waals surface area contributed by atoms with Gasteiger partial charge in [0, 0.05) is 5.56 Å². The molecule has 1 aliphatic rings. The number of carbonyl (C=O) groups excluding carboxylic acids is 1. The maximum atomic E-state index is 12.7. The lowest BCUT2D eigenvalue weighted by atomic mass is 10.1. The molecule has 2 nitrogen and oxygen atoms in total. The molecule has 1 fully saturated rings. The van der Waals surface area contributed by atoms with Crippen molar-refractivity contribution in [3.63, 3.8) is 0 Å². The van der Waals surface area contributed by atoms with E-state index in [1.54, 1.807) is 12.1 Å². The molecule has 0 amide bonds. The number of ketones is 1. The standard InChI is InChI=1S/C13H16FNO.BrH/c14-12-6-4-11(5-7-12)13(16)10-15-8-2-1-3-9-15;/h4-7H,1-3,8-10H2;1H. The number of nitrogens with zero attached hydrogens (tertiary/aromatic N) is 1. The van der Waals surface area contributed by atoms with Gasteiger partial charge in [-0.25, -0.2) is 4.39 Å². The number of rotatable bonds is 3. The number of piperidine rings is 1. The highest BCUT2D eigenvalue weighted by Gasteiger charge is 2.14. The Hall–Kier alpha value is -0.740. The molecule has 0 bridgehead atoms. The van der Waals surface area contributed by atoms with E-state index in [2.05, 4.69) is 4.90 Å². The van der Waals surface area contributed by atoms with Crippen molar-refractivity contribution >= 4 is 22.8 Å². The molecule has 1 aliphatic heterocycles. The second-order valence-electron chi connectivity index (χ2n) is 4.27. The van der Waals surface area contributed by atoms with Crippen molar-refractivity contribution in [2.24, 2.45) is 0 Å². The summed E-state index contributed by atoms with van der Waals surface area (Å²) in [7, 11) is 0. The van der Waals surface area contributed by atoms with Gasteiger partial charge >= 0.3 is 0 Å². The molecule has 0 aliphatic carbocycles. The van der Waals surface area contributed by atoms with Gasteiger partial charge in [-0.05, 0) is 50.2 Å². The van der Waals surface area contributed by atoms with Crippen LogP contribution < -0.4 is 0 Å². The topological polar surface area (TPSA) is 20.3 Å². The smallest absolute Gasteiger partial charge is 0.176 e. The summed E-state index contributed by atoms with van der Waals surface area (Å²) in [6, 6.07) is 5.79. The van der Waals surface area contributed by atoms with Crippen molar-refractivity contribution in [1.29, 1.82) is 0 Å². The van der Waals surface area contributed by atoms with E-state index < -0.39 is 0 Å². The zero-order valence-corrected chi connectivity index (χ0v) is 11.4. The number of hydrogen-bond donors (Lipinski definition) is 0. The van der Waals surface area contributed by atoms with Crippen LogP contribution in [0.5, 0.6) is 0 Å². The number of halogens is 2. The fourth-order valence-corrected chi connectivity index (χ4v) is 2.05. The summed E-state index contributed by atoms with van der Waals surface area (Å²) in [6.45, 7) is 2.48. The highest BCUT2D eigenvalue weighted by atomic mass is 79.9. The van der Waals surface area contributed by atoms with Crippen LogP contribution in [-0.4, -0.2) is 30.3 Å². The van der Waals surface area contributed by atoms with Gasteiger partial charge in [-0.3, -0.25) is 9.69 Å². The second kappa shape index (κ2) is 6.87. The third-order valence-corrected chi connectivity index (χ3v) is 2.98. The van der Waals surface area contributed by atoms with E-state index in [0.29, 0.717) is 12.1 Å².